The number of nitrogens with zero attached hydrogens (tertiary/aromatic N) is 2. The minimum Gasteiger partial charge on any atom is -0.325 e. The van der Waals surface area contributed by atoms with Crippen molar-refractivity contribution in [1.29, 1.82) is 0 Å². The molecule has 6 rings (SSSR count). The molecule has 2 aromatic carbocycles. The molecule has 1 aliphatic carbocycles. The number of hydrogen-bond acceptors (Lipinski definition) is 5. The number of carbonyl (C=O) groups excluding carboxylic acids is 4. The molecule has 3 heterocycles. The van der Waals surface area contributed by atoms with E-state index in [2.05, 4.69) is 20.9 Å². The van der Waals surface area contributed by atoms with Crippen molar-refractivity contribution >= 4 is 35.3 Å². The highest BCUT2D eigenvalue weighted by atomic mass is 19.1. The van der Waals surface area contributed by atoms with Gasteiger partial charge >= 0.3 is 6.03 Å². The molecule has 1 spiro atoms. The highest BCUT2D eigenvalue weighted by Gasteiger charge is 2.52. The average molecular weight is 517 g/mol. The molecule has 38 heavy (non-hydrogen) atoms. The van der Waals surface area contributed by atoms with Crippen LogP contribution in [0, 0.1) is 11.6 Å². The zero-order valence-electron chi connectivity index (χ0n) is 20.1. The average Bonchev–Trinajstić information content (AvgIpc) is 3.45. The molecule has 2 atom stereocenters. The quantitative estimate of drug-likeness (QED) is 0.460. The Bertz CT molecular complexity index is 1560. The number of rotatable bonds is 4. The third-order valence-corrected chi connectivity index (χ3v) is 7.64. The predicted octanol–water partition coefficient (Wildman–Crippen LogP) is 2.75. The third kappa shape index (κ3) is 3.46. The van der Waals surface area contributed by atoms with Gasteiger partial charge in [-0.15, -0.1) is 0 Å². The lowest BCUT2D eigenvalue weighted by Gasteiger charge is -2.31. The van der Waals surface area contributed by atoms with Gasteiger partial charge in [0.05, 0.1) is 5.41 Å². The van der Waals surface area contributed by atoms with Crippen LogP contribution >= 0.6 is 0 Å². The fraction of sp³-hybridized carbons (Fsp3) is 0.222. The van der Waals surface area contributed by atoms with Crippen LogP contribution in [0.2, 0.25) is 0 Å². The Morgan fingerprint density at radius 2 is 1.74 bits per heavy atom. The summed E-state index contributed by atoms with van der Waals surface area (Å²) in [5.41, 5.74) is 0.496. The standard InChI is InChI=1S/C27H21F2N5O4/c1-26(16-8-17(28)10-18(29)9-16)23(36)33-25(38)34(26)13-21(35)31-19-5-4-14-11-27(12-15(14)7-19)20-3-2-6-30-22(20)32-24(27)37/h2-10H,11-13H2,1H3,(H,31,35)(H,30,32,37)(H,33,36,38)/t26?,27-/m1/s1. The number of amides is 5. The van der Waals surface area contributed by atoms with E-state index >= 15 is 0 Å². The lowest BCUT2D eigenvalue weighted by Crippen LogP contribution is -2.47. The first-order valence-corrected chi connectivity index (χ1v) is 11.9. The summed E-state index contributed by atoms with van der Waals surface area (Å²) in [7, 11) is 0. The van der Waals surface area contributed by atoms with E-state index in [-0.39, 0.29) is 11.5 Å². The maximum absolute atomic E-state index is 13.9. The maximum atomic E-state index is 13.9. The first-order chi connectivity index (χ1) is 18.1. The van der Waals surface area contributed by atoms with E-state index in [1.807, 2.05) is 12.1 Å². The Labute approximate surface area is 215 Å². The van der Waals surface area contributed by atoms with E-state index in [0.717, 1.165) is 33.7 Å². The van der Waals surface area contributed by atoms with Crippen LogP contribution in [0.4, 0.5) is 25.1 Å². The largest absolute Gasteiger partial charge is 0.325 e. The van der Waals surface area contributed by atoms with Gasteiger partial charge in [-0.25, -0.2) is 18.6 Å². The number of halogens is 2. The SMILES string of the molecule is CC1(c2cc(F)cc(F)c2)C(=O)NC(=O)N1CC(=O)Nc1ccc2c(c1)C[C@@]1(C2)C(=O)Nc2ncccc21. The normalized spacial score (nSPS) is 23.3. The van der Waals surface area contributed by atoms with Gasteiger partial charge in [0.15, 0.2) is 0 Å². The van der Waals surface area contributed by atoms with Crippen LogP contribution in [0.3, 0.4) is 0 Å². The van der Waals surface area contributed by atoms with Gasteiger partial charge in [-0.1, -0.05) is 12.1 Å². The summed E-state index contributed by atoms with van der Waals surface area (Å²) >= 11 is 0. The van der Waals surface area contributed by atoms with Crippen molar-refractivity contribution in [2.75, 3.05) is 17.2 Å². The maximum Gasteiger partial charge on any atom is 0.325 e. The molecule has 0 saturated carbocycles. The van der Waals surface area contributed by atoms with Crippen LogP contribution in [0.25, 0.3) is 0 Å². The van der Waals surface area contributed by atoms with Crippen LogP contribution in [-0.4, -0.2) is 40.2 Å². The lowest BCUT2D eigenvalue weighted by molar-refractivity contribution is -0.127. The molecule has 2 aliphatic heterocycles. The number of fused-ring (bicyclic) bond motifs is 3. The highest BCUT2D eigenvalue weighted by molar-refractivity contribution is 6.09. The van der Waals surface area contributed by atoms with Gasteiger partial charge in [0.25, 0.3) is 5.91 Å². The fourth-order valence-electron chi connectivity index (χ4n) is 5.65. The number of pyridine rings is 1. The van der Waals surface area contributed by atoms with Crippen LogP contribution < -0.4 is 16.0 Å². The van der Waals surface area contributed by atoms with Crippen molar-refractivity contribution < 1.29 is 28.0 Å². The van der Waals surface area contributed by atoms with Gasteiger partial charge in [-0.3, -0.25) is 24.6 Å². The molecule has 1 saturated heterocycles. The Morgan fingerprint density at radius 1 is 1.00 bits per heavy atom. The fourth-order valence-corrected chi connectivity index (χ4v) is 5.65. The van der Waals surface area contributed by atoms with Crippen molar-refractivity contribution in [3.05, 3.63) is 88.6 Å². The number of hydrogen-bond donors (Lipinski definition) is 3. The lowest BCUT2D eigenvalue weighted by atomic mass is 9.79. The molecule has 3 aliphatic rings. The second-order valence-electron chi connectivity index (χ2n) is 9.90. The molecule has 5 amide bonds. The summed E-state index contributed by atoms with van der Waals surface area (Å²) < 4.78 is 27.8. The minimum absolute atomic E-state index is 0.0985. The number of benzene rings is 2. The first kappa shape index (κ1) is 23.7. The zero-order chi connectivity index (χ0) is 26.8. The second kappa shape index (κ2) is 8.17. The Balaban J connectivity index is 1.22. The Hall–Kier alpha value is -4.67. The van der Waals surface area contributed by atoms with Crippen molar-refractivity contribution in [2.24, 2.45) is 0 Å². The predicted molar refractivity (Wildman–Crippen MR) is 131 cm³/mol. The molecule has 0 radical (unpaired) electrons. The topological polar surface area (TPSA) is 121 Å². The van der Waals surface area contributed by atoms with Crippen molar-refractivity contribution in [2.45, 2.75) is 30.7 Å². The molecular formula is C27H21F2N5O4. The minimum atomic E-state index is -1.79. The number of imide groups is 1. The summed E-state index contributed by atoms with van der Waals surface area (Å²) in [5, 5.41) is 7.69. The molecule has 1 aromatic heterocycles. The molecule has 1 fully saturated rings. The Kier molecular flexibility index (Phi) is 5.10. The molecule has 11 heteroatoms. The van der Waals surface area contributed by atoms with E-state index in [1.54, 1.807) is 24.4 Å². The molecule has 3 aromatic rings. The van der Waals surface area contributed by atoms with E-state index in [4.69, 9.17) is 0 Å². The van der Waals surface area contributed by atoms with E-state index < -0.39 is 47.0 Å². The van der Waals surface area contributed by atoms with Gasteiger partial charge in [0, 0.05) is 23.5 Å². The number of anilines is 2. The van der Waals surface area contributed by atoms with E-state index in [0.29, 0.717) is 30.4 Å². The number of urea groups is 1. The van der Waals surface area contributed by atoms with Crippen LogP contribution in [0.15, 0.2) is 54.7 Å². The van der Waals surface area contributed by atoms with Gasteiger partial charge in [0.2, 0.25) is 11.8 Å². The van der Waals surface area contributed by atoms with Gasteiger partial charge < -0.3 is 10.6 Å². The van der Waals surface area contributed by atoms with Crippen molar-refractivity contribution in [1.82, 2.24) is 15.2 Å². The number of aromatic nitrogens is 1. The molecule has 1 unspecified atom stereocenters. The molecule has 3 N–H and O–H groups in total. The monoisotopic (exact) mass is 517 g/mol. The summed E-state index contributed by atoms with van der Waals surface area (Å²) in [6, 6.07) is 10.7. The third-order valence-electron chi connectivity index (χ3n) is 7.64. The van der Waals surface area contributed by atoms with Gasteiger partial charge in [-0.2, -0.15) is 0 Å². The molecular weight excluding hydrogens is 496 g/mol. The van der Waals surface area contributed by atoms with Crippen LogP contribution in [-0.2, 0) is 38.2 Å². The summed E-state index contributed by atoms with van der Waals surface area (Å²) in [5.74, 6) is -2.80. The highest BCUT2D eigenvalue weighted by Crippen LogP contribution is 2.47. The summed E-state index contributed by atoms with van der Waals surface area (Å²) in [4.78, 5) is 56.3. The van der Waals surface area contributed by atoms with E-state index in [9.17, 15) is 28.0 Å². The molecule has 192 valence electrons. The summed E-state index contributed by atoms with van der Waals surface area (Å²) in [6.07, 6.45) is 2.56. The van der Waals surface area contributed by atoms with Crippen LogP contribution in [0.1, 0.15) is 29.2 Å². The molecule has 0 bridgehead atoms. The number of carbonyl (C=O) groups is 4. The first-order valence-electron chi connectivity index (χ1n) is 11.9. The van der Waals surface area contributed by atoms with Crippen molar-refractivity contribution in [3.8, 4) is 0 Å². The van der Waals surface area contributed by atoms with Crippen LogP contribution in [0.5, 0.6) is 0 Å². The van der Waals surface area contributed by atoms with Gasteiger partial charge in [-0.05, 0) is 66.8 Å². The zero-order valence-corrected chi connectivity index (χ0v) is 20.1. The summed E-state index contributed by atoms with van der Waals surface area (Å²) in [6.45, 7) is 0.775. The second-order valence-corrected chi connectivity index (χ2v) is 9.90. The Morgan fingerprint density at radius 3 is 2.50 bits per heavy atom. The van der Waals surface area contributed by atoms with Gasteiger partial charge in [0.1, 0.15) is 29.5 Å². The molecule has 9 nitrogen and oxygen atoms in total. The number of nitrogens with one attached hydrogen (secondary N) is 3. The smallest absolute Gasteiger partial charge is 0.325 e. The van der Waals surface area contributed by atoms with Crippen molar-refractivity contribution in [3.63, 3.8) is 0 Å². The van der Waals surface area contributed by atoms with E-state index in [1.165, 1.54) is 6.92 Å².